The molecule has 0 aliphatic carbocycles. The fourth-order valence-electron chi connectivity index (χ4n) is 2.55. The van der Waals surface area contributed by atoms with Crippen LogP contribution in [0.4, 0.5) is 4.79 Å². The Morgan fingerprint density at radius 2 is 1.95 bits per heavy atom. The summed E-state index contributed by atoms with van der Waals surface area (Å²) >= 11 is 0. The topological polar surface area (TPSA) is 78.9 Å². The number of ether oxygens (including phenoxy) is 1. The maximum Gasteiger partial charge on any atom is 0.317 e. The summed E-state index contributed by atoms with van der Waals surface area (Å²) in [7, 11) is 1.45. The van der Waals surface area contributed by atoms with Crippen LogP contribution in [0.3, 0.4) is 0 Å². The van der Waals surface area contributed by atoms with Gasteiger partial charge in [0.2, 0.25) is 0 Å². The predicted molar refractivity (Wildman–Crippen MR) is 71.1 cm³/mol. The Balaban J connectivity index is 2.46. The minimum atomic E-state index is -0.930. The third-order valence-electron chi connectivity index (χ3n) is 3.64. The van der Waals surface area contributed by atoms with E-state index in [1.54, 1.807) is 0 Å². The number of hydrogen-bond donors (Lipinski definition) is 2. The van der Waals surface area contributed by atoms with Crippen molar-refractivity contribution >= 4 is 12.0 Å². The fraction of sp³-hybridized carbons (Fsp3) is 0.846. The van der Waals surface area contributed by atoms with Crippen LogP contribution in [0.2, 0.25) is 0 Å². The molecule has 19 heavy (non-hydrogen) atoms. The second-order valence-corrected chi connectivity index (χ2v) is 5.18. The first-order chi connectivity index (χ1) is 8.95. The molecule has 0 spiro atoms. The Hall–Kier alpha value is -1.30. The molecule has 1 heterocycles. The molecule has 6 nitrogen and oxygen atoms in total. The molecule has 0 radical (unpaired) electrons. The Morgan fingerprint density at radius 3 is 2.42 bits per heavy atom. The van der Waals surface area contributed by atoms with Gasteiger partial charge < -0.3 is 20.1 Å². The Labute approximate surface area is 114 Å². The van der Waals surface area contributed by atoms with Crippen LogP contribution in [0.25, 0.3) is 0 Å². The zero-order valence-electron chi connectivity index (χ0n) is 11.9. The zero-order chi connectivity index (χ0) is 14.4. The summed E-state index contributed by atoms with van der Waals surface area (Å²) in [4.78, 5) is 24.6. The smallest absolute Gasteiger partial charge is 0.317 e. The van der Waals surface area contributed by atoms with Gasteiger partial charge in [-0.1, -0.05) is 0 Å². The molecule has 0 aromatic carbocycles. The number of urea groups is 1. The molecule has 3 atom stereocenters. The summed E-state index contributed by atoms with van der Waals surface area (Å²) in [5.41, 5.74) is 0. The molecule has 110 valence electrons. The van der Waals surface area contributed by atoms with Crippen LogP contribution in [0.5, 0.6) is 0 Å². The van der Waals surface area contributed by atoms with Gasteiger partial charge in [-0.2, -0.15) is 0 Å². The SMILES string of the molecule is COC(CNC(=O)N1C(C)CCCC1C)CC(=O)O. The molecule has 0 bridgehead atoms. The van der Waals surface area contributed by atoms with Crippen molar-refractivity contribution in [1.82, 2.24) is 10.2 Å². The van der Waals surface area contributed by atoms with Crippen LogP contribution < -0.4 is 5.32 Å². The monoisotopic (exact) mass is 272 g/mol. The summed E-state index contributed by atoms with van der Waals surface area (Å²) in [6, 6.07) is 0.320. The maximum atomic E-state index is 12.1. The normalized spacial score (nSPS) is 24.9. The first-order valence-electron chi connectivity index (χ1n) is 6.76. The van der Waals surface area contributed by atoms with Crippen molar-refractivity contribution in [2.45, 2.75) is 57.7 Å². The number of amides is 2. The van der Waals surface area contributed by atoms with E-state index in [9.17, 15) is 9.59 Å². The van der Waals surface area contributed by atoms with Crippen molar-refractivity contribution in [3.05, 3.63) is 0 Å². The summed E-state index contributed by atoms with van der Waals surface area (Å²) < 4.78 is 5.04. The molecule has 1 aliphatic heterocycles. The van der Waals surface area contributed by atoms with Crippen molar-refractivity contribution in [2.75, 3.05) is 13.7 Å². The van der Waals surface area contributed by atoms with Crippen LogP contribution in [0, 0.1) is 0 Å². The van der Waals surface area contributed by atoms with E-state index in [2.05, 4.69) is 5.32 Å². The van der Waals surface area contributed by atoms with E-state index in [-0.39, 0.29) is 31.1 Å². The highest BCUT2D eigenvalue weighted by molar-refractivity contribution is 5.75. The lowest BCUT2D eigenvalue weighted by Crippen LogP contribution is -2.53. The number of nitrogens with one attached hydrogen (secondary N) is 1. The number of piperidine rings is 1. The number of nitrogens with zero attached hydrogens (tertiary/aromatic N) is 1. The van der Waals surface area contributed by atoms with Gasteiger partial charge in [0.25, 0.3) is 0 Å². The molecule has 6 heteroatoms. The molecule has 3 unspecified atom stereocenters. The molecule has 1 fully saturated rings. The van der Waals surface area contributed by atoms with Crippen molar-refractivity contribution in [3.8, 4) is 0 Å². The van der Waals surface area contributed by atoms with E-state index >= 15 is 0 Å². The largest absolute Gasteiger partial charge is 0.481 e. The number of carbonyl (C=O) groups is 2. The number of hydrogen-bond acceptors (Lipinski definition) is 3. The Morgan fingerprint density at radius 1 is 1.37 bits per heavy atom. The highest BCUT2D eigenvalue weighted by atomic mass is 16.5. The molecule has 0 aromatic heterocycles. The number of carboxylic acids is 1. The summed E-state index contributed by atoms with van der Waals surface area (Å²) in [5, 5.41) is 11.5. The van der Waals surface area contributed by atoms with E-state index in [0.717, 1.165) is 19.3 Å². The van der Waals surface area contributed by atoms with E-state index in [4.69, 9.17) is 9.84 Å². The van der Waals surface area contributed by atoms with Crippen LogP contribution >= 0.6 is 0 Å². The second kappa shape index (κ2) is 7.33. The van der Waals surface area contributed by atoms with Gasteiger partial charge in [0.1, 0.15) is 0 Å². The maximum absolute atomic E-state index is 12.1. The molecular formula is C13H24N2O4. The number of carboxylic acid groups (broad SMARTS) is 1. The van der Waals surface area contributed by atoms with Gasteiger partial charge in [0.15, 0.2) is 0 Å². The summed E-state index contributed by atoms with van der Waals surface area (Å²) in [6.45, 7) is 4.30. The standard InChI is InChI=1S/C13H24N2O4/c1-9-5-4-6-10(2)15(9)13(18)14-8-11(19-3)7-12(16)17/h9-11H,4-8H2,1-3H3,(H,14,18)(H,16,17). The van der Waals surface area contributed by atoms with Gasteiger partial charge in [-0.15, -0.1) is 0 Å². The third-order valence-corrected chi connectivity index (χ3v) is 3.64. The number of methoxy groups -OCH3 is 1. The second-order valence-electron chi connectivity index (χ2n) is 5.18. The van der Waals surface area contributed by atoms with Crippen LogP contribution in [0.15, 0.2) is 0 Å². The molecule has 2 N–H and O–H groups in total. The predicted octanol–water partition coefficient (Wildman–Crippen LogP) is 1.45. The number of likely N-dealkylation sites (tertiary alicyclic amines) is 1. The molecule has 2 amide bonds. The van der Waals surface area contributed by atoms with E-state index in [1.807, 2.05) is 18.7 Å². The molecule has 0 saturated carbocycles. The quantitative estimate of drug-likeness (QED) is 0.794. The molecular weight excluding hydrogens is 248 g/mol. The molecule has 0 aromatic rings. The Bertz CT molecular complexity index is 312. The molecule has 1 aliphatic rings. The zero-order valence-corrected chi connectivity index (χ0v) is 11.9. The van der Waals surface area contributed by atoms with Gasteiger partial charge in [-0.05, 0) is 33.1 Å². The van der Waals surface area contributed by atoms with Crippen molar-refractivity contribution < 1.29 is 19.4 Å². The lowest BCUT2D eigenvalue weighted by molar-refractivity contribution is -0.139. The van der Waals surface area contributed by atoms with Gasteiger partial charge in [0, 0.05) is 25.7 Å². The third kappa shape index (κ3) is 4.70. The summed E-state index contributed by atoms with van der Waals surface area (Å²) in [5.74, 6) is -0.930. The Kier molecular flexibility index (Phi) is 6.08. The molecule has 1 saturated heterocycles. The minimum Gasteiger partial charge on any atom is -0.481 e. The summed E-state index contributed by atoms with van der Waals surface area (Å²) in [6.07, 6.45) is 2.58. The van der Waals surface area contributed by atoms with E-state index in [1.165, 1.54) is 7.11 Å². The van der Waals surface area contributed by atoms with Crippen molar-refractivity contribution in [3.63, 3.8) is 0 Å². The lowest BCUT2D eigenvalue weighted by Gasteiger charge is -2.39. The van der Waals surface area contributed by atoms with Crippen molar-refractivity contribution in [1.29, 1.82) is 0 Å². The highest BCUT2D eigenvalue weighted by Crippen LogP contribution is 2.22. The van der Waals surface area contributed by atoms with E-state index in [0.29, 0.717) is 0 Å². The fourth-order valence-corrected chi connectivity index (χ4v) is 2.55. The van der Waals surface area contributed by atoms with E-state index < -0.39 is 12.1 Å². The van der Waals surface area contributed by atoms with Crippen molar-refractivity contribution in [2.24, 2.45) is 0 Å². The number of rotatable bonds is 5. The lowest BCUT2D eigenvalue weighted by atomic mass is 9.98. The van der Waals surface area contributed by atoms with Gasteiger partial charge in [0.05, 0.1) is 12.5 Å². The number of carbonyl (C=O) groups excluding carboxylic acids is 1. The number of aliphatic carboxylic acids is 1. The van der Waals surface area contributed by atoms with Gasteiger partial charge in [-0.3, -0.25) is 4.79 Å². The first-order valence-corrected chi connectivity index (χ1v) is 6.76. The molecule has 1 rings (SSSR count). The highest BCUT2D eigenvalue weighted by Gasteiger charge is 2.29. The first kappa shape index (κ1) is 15.8. The van der Waals surface area contributed by atoms with Gasteiger partial charge in [-0.25, -0.2) is 4.79 Å². The average Bonchev–Trinajstić information content (AvgIpc) is 2.33. The van der Waals surface area contributed by atoms with Crippen LogP contribution in [0.1, 0.15) is 39.5 Å². The van der Waals surface area contributed by atoms with Crippen LogP contribution in [-0.4, -0.2) is 53.8 Å². The van der Waals surface area contributed by atoms with Crippen LogP contribution in [-0.2, 0) is 9.53 Å². The minimum absolute atomic E-state index is 0.109. The average molecular weight is 272 g/mol. The van der Waals surface area contributed by atoms with Gasteiger partial charge >= 0.3 is 12.0 Å².